The van der Waals surface area contributed by atoms with Crippen molar-refractivity contribution in [1.82, 2.24) is 4.90 Å². The summed E-state index contributed by atoms with van der Waals surface area (Å²) in [6, 6.07) is -0.488. The molecule has 4 nitrogen and oxygen atoms in total. The molecule has 0 aromatic rings. The van der Waals surface area contributed by atoms with E-state index in [9.17, 15) is 4.79 Å². The molecule has 1 aliphatic rings. The smallest absolute Gasteiger partial charge is 0.322 e. The molecule has 1 heterocycles. The summed E-state index contributed by atoms with van der Waals surface area (Å²) in [5.41, 5.74) is 5.48. The monoisotopic (exact) mass is 214 g/mol. The standard InChI is InChI=1S/C11H22N2O2/c1-8(2)9-3-5-13(6-4-9)10(7-12)11(14)15/h8-10H,3-7,12H2,1-2H3,(H,14,15). The van der Waals surface area contributed by atoms with Gasteiger partial charge in [-0.3, -0.25) is 9.69 Å². The van der Waals surface area contributed by atoms with E-state index in [0.29, 0.717) is 5.92 Å². The second-order valence-corrected chi connectivity index (χ2v) is 4.71. The highest BCUT2D eigenvalue weighted by Crippen LogP contribution is 2.25. The van der Waals surface area contributed by atoms with Crippen molar-refractivity contribution in [2.45, 2.75) is 32.7 Å². The summed E-state index contributed by atoms with van der Waals surface area (Å²) in [6.45, 7) is 6.42. The molecular formula is C11H22N2O2. The molecule has 88 valence electrons. The Balaban J connectivity index is 2.45. The third-order valence-electron chi connectivity index (χ3n) is 3.47. The molecular weight excluding hydrogens is 192 g/mol. The van der Waals surface area contributed by atoms with E-state index in [0.717, 1.165) is 31.8 Å². The molecule has 0 aliphatic carbocycles. The van der Waals surface area contributed by atoms with Gasteiger partial charge in [0.15, 0.2) is 0 Å². The molecule has 1 rings (SSSR count). The Labute approximate surface area is 91.4 Å². The van der Waals surface area contributed by atoms with E-state index >= 15 is 0 Å². The van der Waals surface area contributed by atoms with Crippen LogP contribution in [-0.2, 0) is 4.79 Å². The number of carboxylic acids is 1. The first kappa shape index (κ1) is 12.5. The molecule has 4 heteroatoms. The molecule has 0 aromatic heterocycles. The van der Waals surface area contributed by atoms with E-state index < -0.39 is 12.0 Å². The molecule has 0 amide bonds. The lowest BCUT2D eigenvalue weighted by molar-refractivity contribution is -0.143. The van der Waals surface area contributed by atoms with Gasteiger partial charge in [-0.15, -0.1) is 0 Å². The SMILES string of the molecule is CC(C)C1CCN(C(CN)C(=O)O)CC1. The van der Waals surface area contributed by atoms with E-state index in [4.69, 9.17) is 10.8 Å². The number of rotatable bonds is 4. The first-order valence-corrected chi connectivity index (χ1v) is 5.73. The summed E-state index contributed by atoms with van der Waals surface area (Å²) in [6.07, 6.45) is 2.20. The molecule has 0 radical (unpaired) electrons. The van der Waals surface area contributed by atoms with Crippen molar-refractivity contribution in [2.75, 3.05) is 19.6 Å². The van der Waals surface area contributed by atoms with Crippen molar-refractivity contribution in [3.05, 3.63) is 0 Å². The molecule has 1 fully saturated rings. The summed E-state index contributed by atoms with van der Waals surface area (Å²) in [7, 11) is 0. The number of hydrogen-bond donors (Lipinski definition) is 2. The lowest BCUT2D eigenvalue weighted by Crippen LogP contribution is -2.49. The van der Waals surface area contributed by atoms with Crippen LogP contribution in [0.15, 0.2) is 0 Å². The fraction of sp³-hybridized carbons (Fsp3) is 0.909. The van der Waals surface area contributed by atoms with Crippen LogP contribution in [0.4, 0.5) is 0 Å². The predicted octanol–water partition coefficient (Wildman–Crippen LogP) is 0.766. The van der Waals surface area contributed by atoms with Crippen molar-refractivity contribution < 1.29 is 9.90 Å². The second-order valence-electron chi connectivity index (χ2n) is 4.71. The van der Waals surface area contributed by atoms with Crippen LogP contribution >= 0.6 is 0 Å². The van der Waals surface area contributed by atoms with Crippen LogP contribution in [0.3, 0.4) is 0 Å². The third-order valence-corrected chi connectivity index (χ3v) is 3.47. The minimum atomic E-state index is -0.791. The fourth-order valence-corrected chi connectivity index (χ4v) is 2.30. The second kappa shape index (κ2) is 5.47. The van der Waals surface area contributed by atoms with Crippen LogP contribution in [0.2, 0.25) is 0 Å². The lowest BCUT2D eigenvalue weighted by atomic mass is 9.86. The van der Waals surface area contributed by atoms with Gasteiger partial charge in [-0.05, 0) is 37.8 Å². The molecule has 1 unspecified atom stereocenters. The van der Waals surface area contributed by atoms with Crippen LogP contribution in [0, 0.1) is 11.8 Å². The maximum atomic E-state index is 10.9. The van der Waals surface area contributed by atoms with Crippen LogP contribution in [0.25, 0.3) is 0 Å². The van der Waals surface area contributed by atoms with Crippen molar-refractivity contribution in [1.29, 1.82) is 0 Å². The number of piperidine rings is 1. The van der Waals surface area contributed by atoms with Crippen molar-refractivity contribution in [2.24, 2.45) is 17.6 Å². The average Bonchev–Trinajstić information content (AvgIpc) is 2.19. The van der Waals surface area contributed by atoms with Crippen LogP contribution in [0.5, 0.6) is 0 Å². The normalized spacial score (nSPS) is 21.9. The van der Waals surface area contributed by atoms with Gasteiger partial charge in [-0.2, -0.15) is 0 Å². The highest BCUT2D eigenvalue weighted by molar-refractivity contribution is 5.73. The molecule has 0 spiro atoms. The van der Waals surface area contributed by atoms with Gasteiger partial charge in [0.25, 0.3) is 0 Å². The molecule has 3 N–H and O–H groups in total. The number of carbonyl (C=O) groups is 1. The Morgan fingerprint density at radius 2 is 2.00 bits per heavy atom. The Kier molecular flexibility index (Phi) is 4.54. The third kappa shape index (κ3) is 3.18. The highest BCUT2D eigenvalue weighted by Gasteiger charge is 2.29. The van der Waals surface area contributed by atoms with Gasteiger partial charge in [0.1, 0.15) is 6.04 Å². The Bertz CT molecular complexity index is 211. The first-order chi connectivity index (χ1) is 7.06. The highest BCUT2D eigenvalue weighted by atomic mass is 16.4. The van der Waals surface area contributed by atoms with E-state index in [1.807, 2.05) is 4.90 Å². The zero-order valence-corrected chi connectivity index (χ0v) is 9.65. The Morgan fingerprint density at radius 1 is 1.47 bits per heavy atom. The molecule has 1 saturated heterocycles. The zero-order chi connectivity index (χ0) is 11.4. The summed E-state index contributed by atoms with van der Waals surface area (Å²) in [5, 5.41) is 8.98. The zero-order valence-electron chi connectivity index (χ0n) is 9.65. The van der Waals surface area contributed by atoms with Crippen molar-refractivity contribution in [3.63, 3.8) is 0 Å². The van der Waals surface area contributed by atoms with Crippen molar-refractivity contribution >= 4 is 5.97 Å². The maximum absolute atomic E-state index is 10.9. The van der Waals surface area contributed by atoms with Gasteiger partial charge in [0.05, 0.1) is 0 Å². The van der Waals surface area contributed by atoms with Crippen LogP contribution < -0.4 is 5.73 Å². The van der Waals surface area contributed by atoms with Gasteiger partial charge in [-0.1, -0.05) is 13.8 Å². The first-order valence-electron chi connectivity index (χ1n) is 5.73. The minimum absolute atomic E-state index is 0.210. The maximum Gasteiger partial charge on any atom is 0.322 e. The number of hydrogen-bond acceptors (Lipinski definition) is 3. The number of nitrogens with zero attached hydrogens (tertiary/aromatic N) is 1. The van der Waals surface area contributed by atoms with E-state index in [1.165, 1.54) is 0 Å². The summed E-state index contributed by atoms with van der Waals surface area (Å²) < 4.78 is 0. The topological polar surface area (TPSA) is 66.6 Å². The molecule has 1 atom stereocenters. The Morgan fingerprint density at radius 3 is 2.33 bits per heavy atom. The molecule has 0 aromatic carbocycles. The molecule has 0 bridgehead atoms. The van der Waals surface area contributed by atoms with Crippen molar-refractivity contribution in [3.8, 4) is 0 Å². The van der Waals surface area contributed by atoms with Gasteiger partial charge in [0, 0.05) is 6.54 Å². The van der Waals surface area contributed by atoms with E-state index in [-0.39, 0.29) is 6.54 Å². The lowest BCUT2D eigenvalue weighted by Gasteiger charge is -2.36. The van der Waals surface area contributed by atoms with Gasteiger partial charge < -0.3 is 10.8 Å². The summed E-state index contributed by atoms with van der Waals surface area (Å²) in [4.78, 5) is 12.9. The molecule has 1 aliphatic heterocycles. The number of nitrogens with two attached hydrogens (primary N) is 1. The Hall–Kier alpha value is -0.610. The summed E-state index contributed by atoms with van der Waals surface area (Å²) in [5.74, 6) is 0.655. The van der Waals surface area contributed by atoms with Crippen LogP contribution in [-0.4, -0.2) is 41.7 Å². The largest absolute Gasteiger partial charge is 0.480 e. The fourth-order valence-electron chi connectivity index (χ4n) is 2.30. The number of likely N-dealkylation sites (tertiary alicyclic amines) is 1. The van der Waals surface area contributed by atoms with Gasteiger partial charge in [0.2, 0.25) is 0 Å². The van der Waals surface area contributed by atoms with Gasteiger partial charge in [-0.25, -0.2) is 0 Å². The van der Waals surface area contributed by atoms with Crippen LogP contribution in [0.1, 0.15) is 26.7 Å². The summed E-state index contributed by atoms with van der Waals surface area (Å²) >= 11 is 0. The quantitative estimate of drug-likeness (QED) is 0.725. The number of aliphatic carboxylic acids is 1. The van der Waals surface area contributed by atoms with E-state index in [1.54, 1.807) is 0 Å². The molecule has 0 saturated carbocycles. The predicted molar refractivity (Wildman–Crippen MR) is 59.6 cm³/mol. The van der Waals surface area contributed by atoms with Gasteiger partial charge >= 0.3 is 5.97 Å². The average molecular weight is 214 g/mol. The molecule has 15 heavy (non-hydrogen) atoms. The number of carboxylic acid groups (broad SMARTS) is 1. The minimum Gasteiger partial charge on any atom is -0.480 e. The van der Waals surface area contributed by atoms with E-state index in [2.05, 4.69) is 13.8 Å².